The molecule has 2 aromatic carbocycles. The molecule has 0 aromatic heterocycles. The van der Waals surface area contributed by atoms with Gasteiger partial charge >= 0.3 is 5.97 Å². The van der Waals surface area contributed by atoms with Crippen LogP contribution in [0.4, 0.5) is 11.4 Å². The molecule has 8 nitrogen and oxygen atoms in total. The molecule has 0 radical (unpaired) electrons. The highest BCUT2D eigenvalue weighted by Gasteiger charge is 2.59. The van der Waals surface area contributed by atoms with Gasteiger partial charge in [-0.1, -0.05) is 12.2 Å². The quantitative estimate of drug-likeness (QED) is 0.279. The summed E-state index contributed by atoms with van der Waals surface area (Å²) in [5.41, 5.74) is 1.90. The summed E-state index contributed by atoms with van der Waals surface area (Å²) in [4.78, 5) is 54.6. The maximum Gasteiger partial charge on any atom is 0.316 e. The number of allylic oxidation sites excluding steroid dienone is 2. The first-order valence-electron chi connectivity index (χ1n) is 12.2. The monoisotopic (exact) mass is 486 g/mol. The lowest BCUT2D eigenvalue weighted by Gasteiger charge is -2.20. The number of esters is 1. The zero-order valence-electron chi connectivity index (χ0n) is 20.0. The predicted octanol–water partition coefficient (Wildman–Crippen LogP) is 3.27. The normalized spacial score (nSPS) is 28.3. The van der Waals surface area contributed by atoms with Gasteiger partial charge in [-0.2, -0.15) is 0 Å². The lowest BCUT2D eigenvalue weighted by Crippen LogP contribution is -2.33. The van der Waals surface area contributed by atoms with E-state index in [0.29, 0.717) is 28.4 Å². The van der Waals surface area contributed by atoms with Gasteiger partial charge in [-0.25, -0.2) is 4.90 Å². The average molecular weight is 487 g/mol. The van der Waals surface area contributed by atoms with Crippen molar-refractivity contribution in [3.8, 4) is 11.5 Å². The molecule has 2 bridgehead atoms. The molecule has 2 aliphatic heterocycles. The Balaban J connectivity index is 1.14. The van der Waals surface area contributed by atoms with E-state index in [9.17, 15) is 19.2 Å². The SMILES string of the molecule is COc1ccc(N2C[C@H](C(=O)Oc3ccc(N4C(=O)[C@@H]5[C@@H](C4=O)[C@H]4C=C[C@H]5C4)c(C)c3)CC2=O)cc1. The van der Waals surface area contributed by atoms with Crippen LogP contribution in [-0.2, 0) is 19.2 Å². The number of fused-ring (bicyclic) bond motifs is 5. The van der Waals surface area contributed by atoms with Gasteiger partial charge in [0.15, 0.2) is 0 Å². The smallest absolute Gasteiger partial charge is 0.316 e. The van der Waals surface area contributed by atoms with Crippen LogP contribution in [0.15, 0.2) is 54.6 Å². The summed E-state index contributed by atoms with van der Waals surface area (Å²) in [6.07, 6.45) is 5.09. The maximum absolute atomic E-state index is 13.1. The van der Waals surface area contributed by atoms with Gasteiger partial charge in [-0.3, -0.25) is 19.2 Å². The van der Waals surface area contributed by atoms with E-state index >= 15 is 0 Å². The van der Waals surface area contributed by atoms with Crippen LogP contribution in [-0.4, -0.2) is 37.3 Å². The Labute approximate surface area is 208 Å². The Bertz CT molecular complexity index is 1290. The molecule has 6 rings (SSSR count). The van der Waals surface area contributed by atoms with E-state index in [1.54, 1.807) is 61.4 Å². The third kappa shape index (κ3) is 3.43. The zero-order chi connectivity index (χ0) is 25.1. The second-order valence-corrected chi connectivity index (χ2v) is 9.98. The van der Waals surface area contributed by atoms with Crippen LogP contribution in [0.3, 0.4) is 0 Å². The molecule has 3 amide bonds. The van der Waals surface area contributed by atoms with Gasteiger partial charge in [0.25, 0.3) is 0 Å². The number of methoxy groups -OCH3 is 1. The number of ether oxygens (including phenoxy) is 2. The largest absolute Gasteiger partial charge is 0.497 e. The molecule has 1 saturated carbocycles. The average Bonchev–Trinajstić information content (AvgIpc) is 3.64. The highest BCUT2D eigenvalue weighted by molar-refractivity contribution is 6.23. The number of aryl methyl sites for hydroxylation is 1. The second-order valence-electron chi connectivity index (χ2n) is 9.98. The van der Waals surface area contributed by atoms with Crippen molar-refractivity contribution >= 4 is 35.1 Å². The van der Waals surface area contributed by atoms with E-state index < -0.39 is 11.9 Å². The lowest BCUT2D eigenvalue weighted by molar-refractivity contribution is -0.139. The molecule has 4 aliphatic rings. The highest BCUT2D eigenvalue weighted by atomic mass is 16.5. The minimum atomic E-state index is -0.594. The number of hydrogen-bond acceptors (Lipinski definition) is 6. The summed E-state index contributed by atoms with van der Waals surface area (Å²) in [6.45, 7) is 2.02. The summed E-state index contributed by atoms with van der Waals surface area (Å²) < 4.78 is 10.8. The molecule has 5 atom stereocenters. The van der Waals surface area contributed by atoms with Crippen LogP contribution in [0.1, 0.15) is 18.4 Å². The van der Waals surface area contributed by atoms with Gasteiger partial charge in [-0.05, 0) is 73.2 Å². The Kier molecular flexibility index (Phi) is 5.21. The lowest BCUT2D eigenvalue weighted by atomic mass is 9.85. The number of anilines is 2. The summed E-state index contributed by atoms with van der Waals surface area (Å²) >= 11 is 0. The van der Waals surface area contributed by atoms with Crippen molar-refractivity contribution in [2.24, 2.45) is 29.6 Å². The fourth-order valence-electron chi connectivity index (χ4n) is 6.16. The van der Waals surface area contributed by atoms with Crippen LogP contribution < -0.4 is 19.3 Å². The van der Waals surface area contributed by atoms with E-state index in [1.165, 1.54) is 4.90 Å². The number of imide groups is 1. The van der Waals surface area contributed by atoms with E-state index in [0.717, 1.165) is 6.42 Å². The van der Waals surface area contributed by atoms with Gasteiger partial charge in [0.2, 0.25) is 17.7 Å². The fraction of sp³-hybridized carbons (Fsp3) is 0.357. The number of carbonyl (C=O) groups excluding carboxylic acids is 4. The van der Waals surface area contributed by atoms with Crippen molar-refractivity contribution in [1.82, 2.24) is 0 Å². The number of nitrogens with zero attached hydrogens (tertiary/aromatic N) is 2. The predicted molar refractivity (Wildman–Crippen MR) is 130 cm³/mol. The van der Waals surface area contributed by atoms with Crippen LogP contribution in [0.5, 0.6) is 11.5 Å². The summed E-state index contributed by atoms with van der Waals surface area (Å²) in [7, 11) is 1.57. The van der Waals surface area contributed by atoms with Gasteiger partial charge in [0.1, 0.15) is 11.5 Å². The van der Waals surface area contributed by atoms with Gasteiger partial charge in [0, 0.05) is 18.7 Å². The zero-order valence-corrected chi connectivity index (χ0v) is 20.0. The third-order valence-corrected chi connectivity index (χ3v) is 7.94. The standard InChI is InChI=1S/C28H26N2O6/c1-15-11-21(9-10-22(15)30-26(32)24-16-3-4-17(12-16)25(24)27(30)33)36-28(34)18-13-23(31)29(14-18)19-5-7-20(35-2)8-6-19/h3-11,16-18,24-25H,12-14H2,1-2H3/t16-,17-,18+,24-,25-/m0/s1. The minimum Gasteiger partial charge on any atom is -0.497 e. The molecule has 3 fully saturated rings. The summed E-state index contributed by atoms with van der Waals surface area (Å²) in [6, 6.07) is 12.0. The first-order chi connectivity index (χ1) is 17.4. The van der Waals surface area contributed by atoms with Crippen molar-refractivity contribution in [3.05, 3.63) is 60.2 Å². The molecule has 0 unspecified atom stereocenters. The molecule has 2 aromatic rings. The van der Waals surface area contributed by atoms with Crippen molar-refractivity contribution in [1.29, 1.82) is 0 Å². The first kappa shape index (κ1) is 22.5. The van der Waals surface area contributed by atoms with E-state index in [1.807, 2.05) is 0 Å². The van der Waals surface area contributed by atoms with Gasteiger partial charge in [0.05, 0.1) is 30.6 Å². The number of carbonyl (C=O) groups is 4. The van der Waals surface area contributed by atoms with Gasteiger partial charge < -0.3 is 14.4 Å². The third-order valence-electron chi connectivity index (χ3n) is 7.94. The van der Waals surface area contributed by atoms with E-state index in [4.69, 9.17) is 9.47 Å². The topological polar surface area (TPSA) is 93.2 Å². The molecular weight excluding hydrogens is 460 g/mol. The van der Waals surface area contributed by atoms with Crippen LogP contribution in [0, 0.1) is 36.5 Å². The van der Waals surface area contributed by atoms with E-state index in [-0.39, 0.29) is 54.4 Å². The maximum atomic E-state index is 13.1. The number of rotatable bonds is 5. The van der Waals surface area contributed by atoms with Crippen LogP contribution in [0.2, 0.25) is 0 Å². The Morgan fingerprint density at radius 1 is 0.917 bits per heavy atom. The molecule has 2 saturated heterocycles. The Morgan fingerprint density at radius 3 is 2.17 bits per heavy atom. The first-order valence-corrected chi connectivity index (χ1v) is 12.2. The molecule has 2 aliphatic carbocycles. The molecule has 2 heterocycles. The van der Waals surface area contributed by atoms with Crippen molar-refractivity contribution < 1.29 is 28.7 Å². The number of benzene rings is 2. The van der Waals surface area contributed by atoms with Crippen molar-refractivity contribution in [3.63, 3.8) is 0 Å². The molecule has 0 spiro atoms. The number of hydrogen-bond donors (Lipinski definition) is 0. The van der Waals surface area contributed by atoms with E-state index in [2.05, 4.69) is 12.2 Å². The van der Waals surface area contributed by atoms with Gasteiger partial charge in [-0.15, -0.1) is 0 Å². The highest BCUT2D eigenvalue weighted by Crippen LogP contribution is 2.53. The van der Waals surface area contributed by atoms with Crippen LogP contribution >= 0.6 is 0 Å². The molecule has 184 valence electrons. The van der Waals surface area contributed by atoms with Crippen molar-refractivity contribution in [2.45, 2.75) is 19.8 Å². The minimum absolute atomic E-state index is 0.0673. The molecule has 8 heteroatoms. The summed E-state index contributed by atoms with van der Waals surface area (Å²) in [5, 5.41) is 0. The Morgan fingerprint density at radius 2 is 1.56 bits per heavy atom. The number of amides is 3. The molecule has 0 N–H and O–H groups in total. The molecule has 36 heavy (non-hydrogen) atoms. The van der Waals surface area contributed by atoms with Crippen LogP contribution in [0.25, 0.3) is 0 Å². The summed E-state index contributed by atoms with van der Waals surface area (Å²) in [5.74, 6) is -0.745. The Hall–Kier alpha value is -3.94. The second kappa shape index (κ2) is 8.33. The van der Waals surface area contributed by atoms with Crippen molar-refractivity contribution in [2.75, 3.05) is 23.5 Å². The fourth-order valence-corrected chi connectivity index (χ4v) is 6.16. The molecular formula is C28H26N2O6.